The van der Waals surface area contributed by atoms with Crippen molar-refractivity contribution in [2.24, 2.45) is 0 Å². The van der Waals surface area contributed by atoms with Gasteiger partial charge in [0.15, 0.2) is 0 Å². The zero-order valence-electron chi connectivity index (χ0n) is 19.8. The van der Waals surface area contributed by atoms with Crippen LogP contribution in [0.3, 0.4) is 0 Å². The molecule has 2 aromatic heterocycles. The Bertz CT molecular complexity index is 1520. The topological polar surface area (TPSA) is 79.0 Å². The molecule has 5 aromatic rings. The lowest BCUT2D eigenvalue weighted by atomic mass is 10.1. The van der Waals surface area contributed by atoms with Crippen LogP contribution in [-0.4, -0.2) is 45.7 Å². The van der Waals surface area contributed by atoms with Crippen LogP contribution in [0.15, 0.2) is 79.1 Å². The molecule has 0 saturated carbocycles. The highest BCUT2D eigenvalue weighted by Gasteiger charge is 2.19. The monoisotopic (exact) mass is 496 g/mol. The molecule has 0 bridgehead atoms. The Labute approximate surface area is 214 Å². The molecular formula is C28H25ClN6O. The Morgan fingerprint density at radius 1 is 1.03 bits per heavy atom. The molecule has 1 unspecified atom stereocenters. The summed E-state index contributed by atoms with van der Waals surface area (Å²) in [5.41, 5.74) is 6.23. The van der Waals surface area contributed by atoms with Gasteiger partial charge in [0, 0.05) is 24.3 Å². The van der Waals surface area contributed by atoms with Gasteiger partial charge in [-0.15, -0.1) is 0 Å². The van der Waals surface area contributed by atoms with Crippen molar-refractivity contribution in [1.29, 1.82) is 0 Å². The number of morpholine rings is 1. The molecule has 0 aliphatic carbocycles. The number of fused-ring (bicyclic) bond motifs is 1. The summed E-state index contributed by atoms with van der Waals surface area (Å²) in [6, 6.07) is 21.9. The third-order valence-electron chi connectivity index (χ3n) is 6.29. The first kappa shape index (κ1) is 22.5. The second-order valence-electron chi connectivity index (χ2n) is 8.86. The molecule has 36 heavy (non-hydrogen) atoms. The van der Waals surface area contributed by atoms with E-state index in [1.54, 1.807) is 0 Å². The molecule has 0 radical (unpaired) electrons. The largest absolute Gasteiger partial charge is 0.375 e. The fourth-order valence-electron chi connectivity index (χ4n) is 4.47. The Balaban J connectivity index is 1.29. The number of imidazole rings is 1. The van der Waals surface area contributed by atoms with Crippen LogP contribution in [0.4, 0.5) is 17.2 Å². The lowest BCUT2D eigenvalue weighted by Crippen LogP contribution is -2.41. The van der Waals surface area contributed by atoms with Crippen molar-refractivity contribution in [2.75, 3.05) is 29.9 Å². The fourth-order valence-corrected chi connectivity index (χ4v) is 4.68. The number of para-hydroxylation sites is 1. The first-order valence-corrected chi connectivity index (χ1v) is 12.3. The molecule has 3 aromatic carbocycles. The zero-order valence-corrected chi connectivity index (χ0v) is 20.5. The molecule has 7 nitrogen and oxygen atoms in total. The van der Waals surface area contributed by atoms with E-state index in [0.717, 1.165) is 58.1 Å². The van der Waals surface area contributed by atoms with Crippen LogP contribution in [0.1, 0.15) is 6.92 Å². The minimum atomic E-state index is 0.182. The average molecular weight is 497 g/mol. The average Bonchev–Trinajstić information content (AvgIpc) is 3.40. The summed E-state index contributed by atoms with van der Waals surface area (Å²) in [5, 5.41) is 4.11. The van der Waals surface area contributed by atoms with Gasteiger partial charge in [-0.1, -0.05) is 48.0 Å². The van der Waals surface area contributed by atoms with E-state index in [0.29, 0.717) is 17.5 Å². The number of aromatic amines is 1. The number of rotatable bonds is 5. The predicted molar refractivity (Wildman–Crippen MR) is 145 cm³/mol. The summed E-state index contributed by atoms with van der Waals surface area (Å²) in [4.78, 5) is 19.8. The number of aromatic nitrogens is 4. The van der Waals surface area contributed by atoms with E-state index >= 15 is 0 Å². The van der Waals surface area contributed by atoms with Gasteiger partial charge >= 0.3 is 0 Å². The van der Waals surface area contributed by atoms with Crippen LogP contribution in [-0.2, 0) is 4.74 Å². The van der Waals surface area contributed by atoms with E-state index in [1.807, 2.05) is 79.1 Å². The van der Waals surface area contributed by atoms with Gasteiger partial charge in [0.2, 0.25) is 0 Å². The molecule has 1 fully saturated rings. The molecule has 1 saturated heterocycles. The number of benzene rings is 3. The van der Waals surface area contributed by atoms with Crippen molar-refractivity contribution in [1.82, 2.24) is 19.9 Å². The lowest BCUT2D eigenvalue weighted by Gasteiger charge is -2.31. The minimum Gasteiger partial charge on any atom is -0.375 e. The van der Waals surface area contributed by atoms with Gasteiger partial charge in [0.25, 0.3) is 0 Å². The van der Waals surface area contributed by atoms with Crippen molar-refractivity contribution in [3.63, 3.8) is 0 Å². The van der Waals surface area contributed by atoms with E-state index in [4.69, 9.17) is 26.3 Å². The minimum absolute atomic E-state index is 0.182. The number of halogens is 1. The quantitative estimate of drug-likeness (QED) is 0.297. The van der Waals surface area contributed by atoms with E-state index in [9.17, 15) is 0 Å². The molecular weight excluding hydrogens is 472 g/mol. The summed E-state index contributed by atoms with van der Waals surface area (Å²) >= 11 is 6.56. The molecule has 0 spiro atoms. The maximum Gasteiger partial charge on any atom is 0.148 e. The predicted octanol–water partition coefficient (Wildman–Crippen LogP) is 6.31. The van der Waals surface area contributed by atoms with Crippen LogP contribution >= 0.6 is 11.6 Å². The Morgan fingerprint density at radius 2 is 1.92 bits per heavy atom. The summed E-state index contributed by atoms with van der Waals surface area (Å²) in [5.74, 6) is 1.58. The van der Waals surface area contributed by atoms with Crippen LogP contribution in [0, 0.1) is 0 Å². The van der Waals surface area contributed by atoms with Crippen molar-refractivity contribution in [2.45, 2.75) is 13.0 Å². The molecule has 2 N–H and O–H groups in total. The second-order valence-corrected chi connectivity index (χ2v) is 9.27. The SMILES string of the molecule is CC1CN(c2cnc3c(Nc4ccc(Cl)c(-c5ncc(-c6ccccc6)[nH]5)c4)cccc3n2)CCO1. The summed E-state index contributed by atoms with van der Waals surface area (Å²) in [6.07, 6.45) is 3.85. The molecule has 8 heteroatoms. The number of hydrogen-bond donors (Lipinski definition) is 2. The Hall–Kier alpha value is -3.94. The number of nitrogens with one attached hydrogen (secondary N) is 2. The second kappa shape index (κ2) is 9.60. The molecule has 1 aliphatic heterocycles. The highest BCUT2D eigenvalue weighted by atomic mass is 35.5. The fraction of sp³-hybridized carbons (Fsp3) is 0.179. The third kappa shape index (κ3) is 4.51. The van der Waals surface area contributed by atoms with Gasteiger partial charge in [0.05, 0.1) is 47.0 Å². The molecule has 3 heterocycles. The summed E-state index contributed by atoms with van der Waals surface area (Å²) in [6.45, 7) is 4.40. The highest BCUT2D eigenvalue weighted by Crippen LogP contribution is 2.33. The van der Waals surface area contributed by atoms with E-state index < -0.39 is 0 Å². The zero-order chi connectivity index (χ0) is 24.5. The number of H-pyrrole nitrogens is 1. The van der Waals surface area contributed by atoms with Gasteiger partial charge in [-0.2, -0.15) is 0 Å². The van der Waals surface area contributed by atoms with Gasteiger partial charge < -0.3 is 19.9 Å². The molecule has 0 amide bonds. The number of hydrogen-bond acceptors (Lipinski definition) is 6. The first-order valence-electron chi connectivity index (χ1n) is 11.9. The van der Waals surface area contributed by atoms with Crippen molar-refractivity contribution in [3.8, 4) is 22.6 Å². The number of ether oxygens (including phenoxy) is 1. The van der Waals surface area contributed by atoms with Gasteiger partial charge in [-0.05, 0) is 42.8 Å². The maximum absolute atomic E-state index is 6.56. The highest BCUT2D eigenvalue weighted by molar-refractivity contribution is 6.33. The van der Waals surface area contributed by atoms with E-state index in [1.165, 1.54) is 0 Å². The van der Waals surface area contributed by atoms with Crippen molar-refractivity contribution < 1.29 is 4.74 Å². The van der Waals surface area contributed by atoms with E-state index in [-0.39, 0.29) is 6.10 Å². The number of nitrogens with zero attached hydrogens (tertiary/aromatic N) is 4. The smallest absolute Gasteiger partial charge is 0.148 e. The van der Waals surface area contributed by atoms with Crippen molar-refractivity contribution in [3.05, 3.63) is 84.1 Å². The van der Waals surface area contributed by atoms with Crippen LogP contribution in [0.5, 0.6) is 0 Å². The first-order chi connectivity index (χ1) is 17.6. The molecule has 1 atom stereocenters. The van der Waals surface area contributed by atoms with Crippen molar-refractivity contribution >= 4 is 39.8 Å². The standard InChI is InChI=1S/C28H25ClN6O/c1-18-17-35(12-13-36-18)26-16-30-27-23(8-5-9-24(27)33-26)32-20-10-11-22(29)21(14-20)28-31-15-25(34-28)19-6-3-2-4-7-19/h2-11,14-16,18,32H,12-13,17H2,1H3,(H,31,34). The number of anilines is 3. The summed E-state index contributed by atoms with van der Waals surface area (Å²) in [7, 11) is 0. The normalized spacial score (nSPS) is 15.8. The molecule has 180 valence electrons. The Morgan fingerprint density at radius 3 is 2.78 bits per heavy atom. The maximum atomic E-state index is 6.56. The lowest BCUT2D eigenvalue weighted by molar-refractivity contribution is 0.0529. The van der Waals surface area contributed by atoms with E-state index in [2.05, 4.69) is 27.1 Å². The Kier molecular flexibility index (Phi) is 6.01. The third-order valence-corrected chi connectivity index (χ3v) is 6.61. The summed E-state index contributed by atoms with van der Waals surface area (Å²) < 4.78 is 5.66. The van der Waals surface area contributed by atoms with Gasteiger partial charge in [-0.25, -0.2) is 15.0 Å². The van der Waals surface area contributed by atoms with Crippen LogP contribution in [0.25, 0.3) is 33.7 Å². The van der Waals surface area contributed by atoms with Gasteiger partial charge in [0.1, 0.15) is 17.2 Å². The van der Waals surface area contributed by atoms with Gasteiger partial charge in [-0.3, -0.25) is 0 Å². The molecule has 1 aliphatic rings. The van der Waals surface area contributed by atoms with Crippen LogP contribution < -0.4 is 10.2 Å². The molecule has 6 rings (SSSR count). The van der Waals surface area contributed by atoms with Crippen LogP contribution in [0.2, 0.25) is 5.02 Å².